The third-order valence-corrected chi connectivity index (χ3v) is 3.90. The number of esters is 1. The van der Waals surface area contributed by atoms with Crippen LogP contribution < -0.4 is 5.32 Å². The second kappa shape index (κ2) is 8.98. The molecule has 1 atom stereocenters. The minimum Gasteiger partial charge on any atom is -0.464 e. The summed E-state index contributed by atoms with van der Waals surface area (Å²) in [6.07, 6.45) is 4.87. The summed E-state index contributed by atoms with van der Waals surface area (Å²) in [6, 6.07) is 9.99. The van der Waals surface area contributed by atoms with E-state index in [0.717, 1.165) is 5.56 Å². The molecule has 0 saturated heterocycles. The lowest BCUT2D eigenvalue weighted by molar-refractivity contribution is -0.147. The Morgan fingerprint density at radius 1 is 1.25 bits per heavy atom. The Labute approximate surface area is 162 Å². The molecule has 2 aromatic heterocycles. The molecule has 0 saturated carbocycles. The summed E-state index contributed by atoms with van der Waals surface area (Å²) >= 11 is 0. The lowest BCUT2D eigenvalue weighted by Gasteiger charge is -2.18. The molecule has 0 bridgehead atoms. The topological polar surface area (TPSA) is 99.2 Å². The summed E-state index contributed by atoms with van der Waals surface area (Å²) in [4.78, 5) is 29.0. The first-order valence-corrected chi connectivity index (χ1v) is 8.98. The van der Waals surface area contributed by atoms with E-state index in [4.69, 9.17) is 9.26 Å². The maximum absolute atomic E-state index is 12.6. The fraction of sp³-hybridized carbons (Fsp3) is 0.300. The first-order chi connectivity index (χ1) is 13.5. The number of rotatable bonds is 8. The first-order valence-electron chi connectivity index (χ1n) is 8.98. The van der Waals surface area contributed by atoms with E-state index in [1.165, 1.54) is 0 Å². The number of carbonyl (C=O) groups excluding carboxylic acids is 2. The van der Waals surface area contributed by atoms with E-state index in [9.17, 15) is 9.59 Å². The van der Waals surface area contributed by atoms with Crippen LogP contribution in [0.2, 0.25) is 0 Å². The Bertz CT molecular complexity index is 903. The van der Waals surface area contributed by atoms with Gasteiger partial charge in [-0.25, -0.2) is 9.78 Å². The largest absolute Gasteiger partial charge is 0.464 e. The molecule has 8 nitrogen and oxygen atoms in total. The third kappa shape index (κ3) is 5.06. The maximum atomic E-state index is 12.6. The van der Waals surface area contributed by atoms with Crippen molar-refractivity contribution in [3.05, 3.63) is 60.8 Å². The summed E-state index contributed by atoms with van der Waals surface area (Å²) in [6.45, 7) is 4.36. The van der Waals surface area contributed by atoms with Gasteiger partial charge in [-0.1, -0.05) is 49.3 Å². The molecule has 0 fully saturated rings. The molecule has 28 heavy (non-hydrogen) atoms. The molecule has 8 heteroatoms. The average Bonchev–Trinajstić information content (AvgIpc) is 3.38. The molecule has 0 aliphatic rings. The highest BCUT2D eigenvalue weighted by Gasteiger charge is 2.25. The predicted octanol–water partition coefficient (Wildman–Crippen LogP) is 2.54. The smallest absolute Gasteiger partial charge is 0.330 e. The summed E-state index contributed by atoms with van der Waals surface area (Å²) < 4.78 is 12.2. The summed E-state index contributed by atoms with van der Waals surface area (Å²) in [5, 5.41) is 6.49. The van der Waals surface area contributed by atoms with Crippen LogP contribution in [0.4, 0.5) is 0 Å². The second-order valence-electron chi connectivity index (χ2n) is 6.75. The van der Waals surface area contributed by atoms with Gasteiger partial charge >= 0.3 is 5.97 Å². The van der Waals surface area contributed by atoms with Crippen molar-refractivity contribution in [1.82, 2.24) is 20.0 Å². The van der Waals surface area contributed by atoms with Crippen LogP contribution in [0.15, 0.2) is 59.6 Å². The van der Waals surface area contributed by atoms with E-state index in [2.05, 4.69) is 15.5 Å². The van der Waals surface area contributed by atoms with Crippen molar-refractivity contribution in [2.75, 3.05) is 6.61 Å². The van der Waals surface area contributed by atoms with Crippen LogP contribution in [-0.2, 0) is 16.1 Å². The molecule has 3 rings (SSSR count). The minimum absolute atomic E-state index is 0.0890. The Balaban J connectivity index is 1.71. The standard InChI is InChI=1S/C20H22N4O4/c1-14(2)12-27-20(26)17(11-24-9-8-21-13-24)22-19(25)16-10-18(28-23-16)15-6-4-3-5-7-15/h3-10,13-14,17H,11-12H2,1-2H3,(H,22,25)/t17-/m0/s1. The van der Waals surface area contributed by atoms with Crippen molar-refractivity contribution in [1.29, 1.82) is 0 Å². The number of hydrogen-bond acceptors (Lipinski definition) is 6. The number of amides is 1. The van der Waals surface area contributed by atoms with Crippen molar-refractivity contribution < 1.29 is 18.8 Å². The Morgan fingerprint density at radius 3 is 2.71 bits per heavy atom. The summed E-state index contributed by atoms with van der Waals surface area (Å²) in [5.74, 6) is -0.364. The van der Waals surface area contributed by atoms with Crippen LogP contribution in [0.25, 0.3) is 11.3 Å². The van der Waals surface area contributed by atoms with Crippen molar-refractivity contribution in [3.8, 4) is 11.3 Å². The molecule has 1 N–H and O–H groups in total. The Kier molecular flexibility index (Phi) is 6.21. The molecule has 1 aromatic carbocycles. The second-order valence-corrected chi connectivity index (χ2v) is 6.75. The van der Waals surface area contributed by atoms with E-state index in [1.807, 2.05) is 44.2 Å². The predicted molar refractivity (Wildman–Crippen MR) is 101 cm³/mol. The maximum Gasteiger partial charge on any atom is 0.330 e. The van der Waals surface area contributed by atoms with Crippen molar-refractivity contribution >= 4 is 11.9 Å². The number of imidazole rings is 1. The number of aromatic nitrogens is 3. The van der Waals surface area contributed by atoms with Gasteiger partial charge in [-0.3, -0.25) is 4.79 Å². The molecular weight excluding hydrogens is 360 g/mol. The van der Waals surface area contributed by atoms with Crippen molar-refractivity contribution in [3.63, 3.8) is 0 Å². The van der Waals surface area contributed by atoms with Gasteiger partial charge in [-0.15, -0.1) is 0 Å². The minimum atomic E-state index is -0.877. The molecule has 0 aliphatic heterocycles. The molecule has 0 spiro atoms. The van der Waals surface area contributed by atoms with Gasteiger partial charge in [0.2, 0.25) is 0 Å². The zero-order chi connectivity index (χ0) is 19.9. The van der Waals surface area contributed by atoms with Crippen LogP contribution >= 0.6 is 0 Å². The molecule has 0 aliphatic carbocycles. The van der Waals surface area contributed by atoms with Crippen LogP contribution in [0.3, 0.4) is 0 Å². The highest BCUT2D eigenvalue weighted by atomic mass is 16.5. The zero-order valence-corrected chi connectivity index (χ0v) is 15.7. The van der Waals surface area contributed by atoms with Gasteiger partial charge in [0.25, 0.3) is 5.91 Å². The van der Waals surface area contributed by atoms with E-state index in [0.29, 0.717) is 5.76 Å². The number of benzene rings is 1. The zero-order valence-electron chi connectivity index (χ0n) is 15.7. The van der Waals surface area contributed by atoms with Crippen LogP contribution in [0.5, 0.6) is 0 Å². The molecule has 3 aromatic rings. The van der Waals surface area contributed by atoms with Gasteiger partial charge in [0, 0.05) is 24.0 Å². The fourth-order valence-electron chi connectivity index (χ4n) is 2.49. The highest BCUT2D eigenvalue weighted by molar-refractivity contribution is 5.95. The van der Waals surface area contributed by atoms with E-state index in [1.54, 1.807) is 29.4 Å². The first kappa shape index (κ1) is 19.3. The molecule has 1 amide bonds. The monoisotopic (exact) mass is 382 g/mol. The average molecular weight is 382 g/mol. The van der Waals surface area contributed by atoms with Crippen LogP contribution in [0, 0.1) is 5.92 Å². The van der Waals surface area contributed by atoms with E-state index in [-0.39, 0.29) is 24.8 Å². The van der Waals surface area contributed by atoms with Gasteiger partial charge in [0.15, 0.2) is 11.5 Å². The third-order valence-electron chi connectivity index (χ3n) is 3.90. The summed E-state index contributed by atoms with van der Waals surface area (Å²) in [7, 11) is 0. The molecule has 146 valence electrons. The SMILES string of the molecule is CC(C)COC(=O)[C@H](Cn1ccnc1)NC(=O)c1cc(-c2ccccc2)on1. The fourth-order valence-corrected chi connectivity index (χ4v) is 2.49. The van der Waals surface area contributed by atoms with Gasteiger partial charge < -0.3 is 19.1 Å². The Hall–Kier alpha value is -3.42. The van der Waals surface area contributed by atoms with Crippen molar-refractivity contribution in [2.24, 2.45) is 5.92 Å². The molecular formula is C20H22N4O4. The number of carbonyl (C=O) groups is 2. The summed E-state index contributed by atoms with van der Waals surface area (Å²) in [5.41, 5.74) is 0.895. The van der Waals surface area contributed by atoms with Crippen LogP contribution in [0.1, 0.15) is 24.3 Å². The molecule has 2 heterocycles. The number of ether oxygens (including phenoxy) is 1. The van der Waals surface area contributed by atoms with Crippen LogP contribution in [-0.4, -0.2) is 39.2 Å². The van der Waals surface area contributed by atoms with Gasteiger partial charge in [-0.05, 0) is 5.92 Å². The van der Waals surface area contributed by atoms with Crippen molar-refractivity contribution in [2.45, 2.75) is 26.4 Å². The van der Waals surface area contributed by atoms with E-state index < -0.39 is 17.9 Å². The van der Waals surface area contributed by atoms with Gasteiger partial charge in [0.1, 0.15) is 6.04 Å². The normalized spacial score (nSPS) is 12.0. The Morgan fingerprint density at radius 2 is 2.04 bits per heavy atom. The molecule has 0 unspecified atom stereocenters. The number of nitrogens with zero attached hydrogens (tertiary/aromatic N) is 3. The molecule has 0 radical (unpaired) electrons. The lowest BCUT2D eigenvalue weighted by Crippen LogP contribution is -2.45. The number of nitrogens with one attached hydrogen (secondary N) is 1. The number of hydrogen-bond donors (Lipinski definition) is 1. The quantitative estimate of drug-likeness (QED) is 0.601. The van der Waals surface area contributed by atoms with Gasteiger partial charge in [-0.2, -0.15) is 0 Å². The highest BCUT2D eigenvalue weighted by Crippen LogP contribution is 2.19. The van der Waals surface area contributed by atoms with E-state index >= 15 is 0 Å². The van der Waals surface area contributed by atoms with Gasteiger partial charge in [0.05, 0.1) is 19.5 Å². The lowest BCUT2D eigenvalue weighted by atomic mass is 10.1.